The predicted octanol–water partition coefficient (Wildman–Crippen LogP) is 3.08. The Balaban J connectivity index is 1.65. The quantitative estimate of drug-likeness (QED) is 0.530. The molecule has 1 fully saturated rings. The normalized spacial score (nSPS) is 15.5. The molecule has 1 saturated carbocycles. The molecule has 1 aliphatic rings. The van der Waals surface area contributed by atoms with Gasteiger partial charge < -0.3 is 20.0 Å². The van der Waals surface area contributed by atoms with Crippen LogP contribution in [0.15, 0.2) is 41.3 Å². The SMILES string of the molecule is O=C(O)NC1(c2ccc(Cn3c(=S)[nH]c(=O)c4[nH]ccc43)cc2)CCC1. The number of hydrogen-bond donors (Lipinski definition) is 4. The first kappa shape index (κ1) is 16.6. The van der Waals surface area contributed by atoms with Crippen LogP contribution in [-0.2, 0) is 12.1 Å². The molecule has 8 heteroatoms. The number of carbonyl (C=O) groups is 1. The van der Waals surface area contributed by atoms with Crippen molar-refractivity contribution in [2.45, 2.75) is 31.3 Å². The fourth-order valence-corrected chi connectivity index (χ4v) is 3.85. The summed E-state index contributed by atoms with van der Waals surface area (Å²) in [7, 11) is 0. The Kier molecular flexibility index (Phi) is 3.91. The summed E-state index contributed by atoms with van der Waals surface area (Å²) in [6, 6.07) is 9.71. The zero-order valence-corrected chi connectivity index (χ0v) is 14.7. The number of fused-ring (bicyclic) bond motifs is 1. The van der Waals surface area contributed by atoms with Gasteiger partial charge in [0.2, 0.25) is 0 Å². The number of rotatable bonds is 4. The molecule has 2 heterocycles. The second-order valence-corrected chi connectivity index (χ2v) is 7.03. The van der Waals surface area contributed by atoms with Crippen LogP contribution in [0.2, 0.25) is 0 Å². The van der Waals surface area contributed by atoms with Gasteiger partial charge in [0.05, 0.1) is 17.6 Å². The third-order valence-corrected chi connectivity index (χ3v) is 5.43. The van der Waals surface area contributed by atoms with Crippen LogP contribution < -0.4 is 10.9 Å². The summed E-state index contributed by atoms with van der Waals surface area (Å²) in [6.07, 6.45) is 3.36. The Morgan fingerprint density at radius 3 is 2.62 bits per heavy atom. The smallest absolute Gasteiger partial charge is 0.405 e. The molecule has 4 N–H and O–H groups in total. The maximum Gasteiger partial charge on any atom is 0.405 e. The maximum atomic E-state index is 11.9. The minimum Gasteiger partial charge on any atom is -0.465 e. The molecule has 1 aromatic carbocycles. The van der Waals surface area contributed by atoms with Crippen LogP contribution in [0.3, 0.4) is 0 Å². The molecule has 4 rings (SSSR count). The molecule has 0 spiro atoms. The zero-order valence-electron chi connectivity index (χ0n) is 13.9. The van der Waals surface area contributed by atoms with Crippen molar-refractivity contribution in [1.82, 2.24) is 19.9 Å². The lowest BCUT2D eigenvalue weighted by atomic mass is 9.72. The monoisotopic (exact) mass is 370 g/mol. The summed E-state index contributed by atoms with van der Waals surface area (Å²) < 4.78 is 2.24. The van der Waals surface area contributed by atoms with E-state index in [-0.39, 0.29) is 5.56 Å². The van der Waals surface area contributed by atoms with Gasteiger partial charge in [0.25, 0.3) is 5.56 Å². The van der Waals surface area contributed by atoms with Crippen LogP contribution in [0, 0.1) is 4.77 Å². The Hall–Kier alpha value is -2.87. The van der Waals surface area contributed by atoms with E-state index in [0.29, 0.717) is 16.8 Å². The lowest BCUT2D eigenvalue weighted by molar-refractivity contribution is 0.144. The van der Waals surface area contributed by atoms with Crippen molar-refractivity contribution in [3.63, 3.8) is 0 Å². The van der Waals surface area contributed by atoms with Crippen molar-refractivity contribution in [2.75, 3.05) is 0 Å². The minimum atomic E-state index is -0.997. The van der Waals surface area contributed by atoms with Crippen molar-refractivity contribution < 1.29 is 9.90 Å². The summed E-state index contributed by atoms with van der Waals surface area (Å²) in [5, 5.41) is 11.8. The number of carboxylic acid groups (broad SMARTS) is 1. The first-order chi connectivity index (χ1) is 12.5. The maximum absolute atomic E-state index is 11.9. The number of nitrogens with zero attached hydrogens (tertiary/aromatic N) is 1. The highest BCUT2D eigenvalue weighted by Crippen LogP contribution is 2.41. The van der Waals surface area contributed by atoms with Crippen molar-refractivity contribution >= 4 is 29.3 Å². The highest BCUT2D eigenvalue weighted by atomic mass is 32.1. The van der Waals surface area contributed by atoms with Crippen LogP contribution in [0.25, 0.3) is 11.0 Å². The van der Waals surface area contributed by atoms with E-state index in [1.807, 2.05) is 34.9 Å². The molecule has 0 radical (unpaired) electrons. The van der Waals surface area contributed by atoms with Gasteiger partial charge in [0.1, 0.15) is 5.52 Å². The summed E-state index contributed by atoms with van der Waals surface area (Å²) in [4.78, 5) is 28.6. The van der Waals surface area contributed by atoms with Gasteiger partial charge in [0.15, 0.2) is 4.77 Å². The molecule has 134 valence electrons. The molecule has 1 amide bonds. The molecule has 2 aromatic heterocycles. The van der Waals surface area contributed by atoms with Crippen molar-refractivity contribution in [1.29, 1.82) is 0 Å². The van der Waals surface area contributed by atoms with Gasteiger partial charge in [-0.05, 0) is 48.7 Å². The molecular weight excluding hydrogens is 352 g/mol. The molecule has 26 heavy (non-hydrogen) atoms. The number of amides is 1. The topological polar surface area (TPSA) is 103 Å². The number of H-pyrrole nitrogens is 2. The van der Waals surface area contributed by atoms with Crippen LogP contribution in [0.4, 0.5) is 4.79 Å². The van der Waals surface area contributed by atoms with Crippen molar-refractivity contribution in [2.24, 2.45) is 0 Å². The number of aromatic nitrogens is 3. The summed E-state index contributed by atoms with van der Waals surface area (Å²) in [6.45, 7) is 0.517. The first-order valence-electron chi connectivity index (χ1n) is 8.39. The Bertz CT molecular complexity index is 1090. The van der Waals surface area contributed by atoms with Gasteiger partial charge in [-0.25, -0.2) is 4.79 Å². The molecular formula is C18H18N4O3S. The second kappa shape index (κ2) is 6.14. The first-order valence-corrected chi connectivity index (χ1v) is 8.80. The summed E-state index contributed by atoms with van der Waals surface area (Å²) in [5.74, 6) is 0. The van der Waals surface area contributed by atoms with E-state index in [4.69, 9.17) is 17.3 Å². The van der Waals surface area contributed by atoms with E-state index >= 15 is 0 Å². The summed E-state index contributed by atoms with van der Waals surface area (Å²) >= 11 is 5.31. The van der Waals surface area contributed by atoms with Gasteiger partial charge in [0, 0.05) is 6.20 Å². The van der Waals surface area contributed by atoms with Gasteiger partial charge in [-0.1, -0.05) is 24.3 Å². The average molecular weight is 370 g/mol. The highest BCUT2D eigenvalue weighted by molar-refractivity contribution is 7.71. The largest absolute Gasteiger partial charge is 0.465 e. The van der Waals surface area contributed by atoms with Crippen molar-refractivity contribution in [3.05, 3.63) is 62.8 Å². The van der Waals surface area contributed by atoms with E-state index in [1.54, 1.807) is 6.20 Å². The predicted molar refractivity (Wildman–Crippen MR) is 100.0 cm³/mol. The third-order valence-electron chi connectivity index (χ3n) is 5.11. The van der Waals surface area contributed by atoms with Crippen LogP contribution in [-0.4, -0.2) is 25.7 Å². The van der Waals surface area contributed by atoms with E-state index in [2.05, 4.69) is 15.3 Å². The number of nitrogens with one attached hydrogen (secondary N) is 3. The Morgan fingerprint density at radius 1 is 1.27 bits per heavy atom. The van der Waals surface area contributed by atoms with E-state index in [0.717, 1.165) is 35.9 Å². The van der Waals surface area contributed by atoms with E-state index in [9.17, 15) is 9.59 Å². The van der Waals surface area contributed by atoms with Gasteiger partial charge >= 0.3 is 6.09 Å². The van der Waals surface area contributed by atoms with Crippen molar-refractivity contribution in [3.8, 4) is 0 Å². The van der Waals surface area contributed by atoms with Gasteiger partial charge in [-0.2, -0.15) is 0 Å². The molecule has 0 bridgehead atoms. The lowest BCUT2D eigenvalue weighted by Crippen LogP contribution is -2.50. The van der Waals surface area contributed by atoms with Gasteiger partial charge in [-0.15, -0.1) is 0 Å². The fourth-order valence-electron chi connectivity index (χ4n) is 3.59. The molecule has 0 atom stereocenters. The number of hydrogen-bond acceptors (Lipinski definition) is 3. The second-order valence-electron chi connectivity index (χ2n) is 6.65. The van der Waals surface area contributed by atoms with Crippen LogP contribution >= 0.6 is 12.2 Å². The van der Waals surface area contributed by atoms with E-state index in [1.165, 1.54) is 0 Å². The third kappa shape index (κ3) is 2.72. The zero-order chi connectivity index (χ0) is 18.3. The minimum absolute atomic E-state index is 0.228. The molecule has 0 aliphatic heterocycles. The van der Waals surface area contributed by atoms with Crippen LogP contribution in [0.1, 0.15) is 30.4 Å². The van der Waals surface area contributed by atoms with E-state index < -0.39 is 11.6 Å². The number of benzene rings is 1. The molecule has 3 aromatic rings. The molecule has 0 saturated heterocycles. The number of aromatic amines is 2. The fraction of sp³-hybridized carbons (Fsp3) is 0.278. The van der Waals surface area contributed by atoms with Crippen LogP contribution in [0.5, 0.6) is 0 Å². The standard InChI is InChI=1S/C18H18N4O3S/c23-15-14-13(6-9-19-14)22(16(26)20-15)10-11-2-4-12(5-3-11)18(7-1-8-18)21-17(24)25/h2-6,9,19,21H,1,7-8,10H2,(H,24,25)(H,20,23,26). The molecule has 0 unspecified atom stereocenters. The highest BCUT2D eigenvalue weighted by Gasteiger charge is 2.40. The Labute approximate surface area is 153 Å². The van der Waals surface area contributed by atoms with Gasteiger partial charge in [-0.3, -0.25) is 9.78 Å². The Morgan fingerprint density at radius 2 is 2.00 bits per heavy atom. The summed E-state index contributed by atoms with van der Waals surface area (Å²) in [5.41, 5.74) is 2.55. The molecule has 1 aliphatic carbocycles. The average Bonchev–Trinajstić information content (AvgIpc) is 3.05. The molecule has 7 nitrogen and oxygen atoms in total. The lowest BCUT2D eigenvalue weighted by Gasteiger charge is -2.42.